The summed E-state index contributed by atoms with van der Waals surface area (Å²) < 4.78 is 0. The number of nitrogens with zero attached hydrogens (tertiary/aromatic N) is 1. The summed E-state index contributed by atoms with van der Waals surface area (Å²) in [6.07, 6.45) is 3.21. The number of ketones is 1. The lowest BCUT2D eigenvalue weighted by atomic mass is 9.98. The van der Waals surface area contributed by atoms with Gasteiger partial charge in [0.05, 0.1) is 19.0 Å². The smallest absolute Gasteiger partial charge is 0.240 e. The number of carbonyl (C=O) groups excluding carboxylic acids is 3. The first-order valence-electron chi connectivity index (χ1n) is 7.46. The van der Waals surface area contributed by atoms with E-state index < -0.39 is 29.8 Å². The number of hydrogen-bond donors (Lipinski definition) is 5. The zero-order valence-electron chi connectivity index (χ0n) is 13.4. The van der Waals surface area contributed by atoms with Crippen molar-refractivity contribution < 1.29 is 24.5 Å². The molecule has 0 aliphatic heterocycles. The fourth-order valence-electron chi connectivity index (χ4n) is 2.04. The topological polar surface area (TPSA) is 173 Å². The summed E-state index contributed by atoms with van der Waals surface area (Å²) >= 11 is 0. The van der Waals surface area contributed by atoms with E-state index >= 15 is 0 Å². The Hall–Kier alpha value is -2.30. The Morgan fingerprint density at radius 3 is 2.71 bits per heavy atom. The van der Waals surface area contributed by atoms with Crippen molar-refractivity contribution in [2.24, 2.45) is 17.4 Å². The van der Waals surface area contributed by atoms with Gasteiger partial charge in [-0.15, -0.1) is 0 Å². The molecule has 1 aromatic heterocycles. The van der Waals surface area contributed by atoms with Crippen LogP contribution in [0.3, 0.4) is 0 Å². The van der Waals surface area contributed by atoms with Gasteiger partial charge in [0.15, 0.2) is 0 Å². The number of aromatic amines is 1. The zero-order chi connectivity index (χ0) is 18.1. The third-order valence-corrected chi connectivity index (χ3v) is 3.53. The molecule has 7 N–H and O–H groups in total. The van der Waals surface area contributed by atoms with Crippen LogP contribution in [0.4, 0.5) is 0 Å². The molecule has 10 heteroatoms. The third kappa shape index (κ3) is 6.44. The molecule has 0 bridgehead atoms. The van der Waals surface area contributed by atoms with Crippen LogP contribution in [0.5, 0.6) is 0 Å². The fourth-order valence-corrected chi connectivity index (χ4v) is 2.04. The number of imidazole rings is 1. The molecule has 0 aromatic carbocycles. The number of primary amides is 1. The quantitative estimate of drug-likeness (QED) is 0.246. The Kier molecular flexibility index (Phi) is 8.02. The maximum absolute atomic E-state index is 12.2. The van der Waals surface area contributed by atoms with Crippen molar-refractivity contribution >= 4 is 17.6 Å². The van der Waals surface area contributed by atoms with Crippen LogP contribution in [0.15, 0.2) is 12.5 Å². The van der Waals surface area contributed by atoms with Gasteiger partial charge in [-0.25, -0.2) is 9.87 Å². The van der Waals surface area contributed by atoms with E-state index in [9.17, 15) is 14.4 Å². The van der Waals surface area contributed by atoms with Crippen LogP contribution in [0.1, 0.15) is 25.5 Å². The number of Topliss-reactive ketones (excluding diaryl/α,β-unsaturated/α-hetero) is 1. The number of hydrogen-bond acceptors (Lipinski definition) is 7. The van der Waals surface area contributed by atoms with Gasteiger partial charge in [-0.3, -0.25) is 19.6 Å². The predicted octanol–water partition coefficient (Wildman–Crippen LogP) is -1.28. The van der Waals surface area contributed by atoms with Gasteiger partial charge in [0.25, 0.3) is 0 Å². The third-order valence-electron chi connectivity index (χ3n) is 3.53. The molecule has 3 atom stereocenters. The van der Waals surface area contributed by atoms with E-state index in [-0.39, 0.29) is 31.7 Å². The number of amides is 2. The molecule has 0 aliphatic rings. The maximum Gasteiger partial charge on any atom is 0.240 e. The Morgan fingerprint density at radius 1 is 1.46 bits per heavy atom. The molecule has 0 aliphatic carbocycles. The van der Waals surface area contributed by atoms with Gasteiger partial charge >= 0.3 is 0 Å². The van der Waals surface area contributed by atoms with Crippen molar-refractivity contribution in [3.8, 4) is 0 Å². The van der Waals surface area contributed by atoms with Crippen LogP contribution < -0.4 is 16.8 Å². The Balaban J connectivity index is 2.54. The highest BCUT2D eigenvalue weighted by atomic mass is 17.1. The zero-order valence-corrected chi connectivity index (χ0v) is 13.4. The van der Waals surface area contributed by atoms with Gasteiger partial charge in [-0.05, 0) is 6.42 Å². The summed E-state index contributed by atoms with van der Waals surface area (Å²) in [5.74, 6) is -2.17. The molecule has 0 radical (unpaired) electrons. The molecule has 0 saturated heterocycles. The van der Waals surface area contributed by atoms with Crippen LogP contribution in [0.25, 0.3) is 0 Å². The van der Waals surface area contributed by atoms with Crippen LogP contribution in [-0.4, -0.2) is 51.5 Å². The second kappa shape index (κ2) is 9.75. The highest BCUT2D eigenvalue weighted by Crippen LogP contribution is 2.08. The van der Waals surface area contributed by atoms with Gasteiger partial charge in [-0.1, -0.05) is 6.92 Å². The maximum atomic E-state index is 12.2. The summed E-state index contributed by atoms with van der Waals surface area (Å²) in [5, 5.41) is 10.8. The van der Waals surface area contributed by atoms with Crippen molar-refractivity contribution in [1.29, 1.82) is 0 Å². The molecule has 10 nitrogen and oxygen atoms in total. The predicted molar refractivity (Wildman–Crippen MR) is 83.4 cm³/mol. The van der Waals surface area contributed by atoms with Crippen LogP contribution in [-0.2, 0) is 25.7 Å². The summed E-state index contributed by atoms with van der Waals surface area (Å²) in [5.41, 5.74) is 11.6. The van der Waals surface area contributed by atoms with E-state index in [1.807, 2.05) is 0 Å². The standard InChI is InChI=1S/C14H23N5O5/c1-8(4-12(20)10(15)2-3-24-23)14(22)19-11(13(16)21)5-9-6-17-7-18-9/h6-8,10-11,23H,2-5,15H2,1H3,(H2,16,21)(H,17,18)(H,19,22). The highest BCUT2D eigenvalue weighted by molar-refractivity contribution is 5.91. The number of nitrogens with one attached hydrogen (secondary N) is 2. The molecular weight excluding hydrogens is 318 g/mol. The SMILES string of the molecule is CC(CC(=O)C(N)CCOO)C(=O)NC(Cc1cnc[nH]1)C(N)=O. The summed E-state index contributed by atoms with van der Waals surface area (Å²) in [6, 6.07) is -1.74. The summed E-state index contributed by atoms with van der Waals surface area (Å²) in [4.78, 5) is 46.0. The molecule has 134 valence electrons. The minimum atomic E-state index is -0.910. The molecule has 1 rings (SSSR count). The van der Waals surface area contributed by atoms with E-state index in [1.165, 1.54) is 12.5 Å². The molecule has 24 heavy (non-hydrogen) atoms. The molecule has 0 saturated carbocycles. The van der Waals surface area contributed by atoms with Gasteiger partial charge < -0.3 is 21.8 Å². The number of carbonyl (C=O) groups is 3. The van der Waals surface area contributed by atoms with E-state index in [4.69, 9.17) is 16.7 Å². The number of aromatic nitrogens is 2. The lowest BCUT2D eigenvalue weighted by Gasteiger charge is -2.19. The molecule has 0 fully saturated rings. The first kappa shape index (κ1) is 19.7. The number of H-pyrrole nitrogens is 1. The van der Waals surface area contributed by atoms with E-state index in [1.54, 1.807) is 6.92 Å². The second-order valence-corrected chi connectivity index (χ2v) is 5.54. The fraction of sp³-hybridized carbons (Fsp3) is 0.571. The van der Waals surface area contributed by atoms with Gasteiger partial charge in [0.2, 0.25) is 11.8 Å². The van der Waals surface area contributed by atoms with Crippen molar-refractivity contribution in [3.63, 3.8) is 0 Å². The van der Waals surface area contributed by atoms with Gasteiger partial charge in [-0.2, -0.15) is 0 Å². The molecule has 0 spiro atoms. The Labute approximate surface area is 138 Å². The molecule has 1 aromatic rings. The average Bonchev–Trinajstić information content (AvgIpc) is 3.04. The van der Waals surface area contributed by atoms with Crippen molar-refractivity contribution in [2.75, 3.05) is 6.61 Å². The minimum absolute atomic E-state index is 0.0680. The van der Waals surface area contributed by atoms with Crippen molar-refractivity contribution in [3.05, 3.63) is 18.2 Å². The average molecular weight is 341 g/mol. The van der Waals surface area contributed by atoms with Crippen LogP contribution >= 0.6 is 0 Å². The normalized spacial score (nSPS) is 14.6. The lowest BCUT2D eigenvalue weighted by molar-refractivity contribution is -0.243. The first-order valence-corrected chi connectivity index (χ1v) is 7.46. The second-order valence-electron chi connectivity index (χ2n) is 5.54. The minimum Gasteiger partial charge on any atom is -0.368 e. The van der Waals surface area contributed by atoms with Gasteiger partial charge in [0.1, 0.15) is 11.8 Å². The number of rotatable bonds is 11. The molecule has 2 amide bonds. The monoisotopic (exact) mass is 341 g/mol. The van der Waals surface area contributed by atoms with Crippen molar-refractivity contribution in [1.82, 2.24) is 15.3 Å². The molecule has 1 heterocycles. The highest BCUT2D eigenvalue weighted by Gasteiger charge is 2.25. The first-order chi connectivity index (χ1) is 11.3. The molecule has 3 unspecified atom stereocenters. The van der Waals surface area contributed by atoms with Gasteiger partial charge in [0, 0.05) is 30.7 Å². The lowest BCUT2D eigenvalue weighted by Crippen LogP contribution is -2.48. The Bertz CT molecular complexity index is 548. The number of nitrogens with two attached hydrogens (primary N) is 2. The largest absolute Gasteiger partial charge is 0.368 e. The summed E-state index contributed by atoms with van der Waals surface area (Å²) in [6.45, 7) is 1.48. The summed E-state index contributed by atoms with van der Waals surface area (Å²) in [7, 11) is 0. The van der Waals surface area contributed by atoms with Crippen molar-refractivity contribution in [2.45, 2.75) is 38.3 Å². The Morgan fingerprint density at radius 2 is 2.17 bits per heavy atom. The van der Waals surface area contributed by atoms with E-state index in [0.717, 1.165) is 0 Å². The van der Waals surface area contributed by atoms with Crippen LogP contribution in [0, 0.1) is 5.92 Å². The van der Waals surface area contributed by atoms with Crippen LogP contribution in [0.2, 0.25) is 0 Å². The van der Waals surface area contributed by atoms with E-state index in [2.05, 4.69) is 20.2 Å². The molecular formula is C14H23N5O5. The van der Waals surface area contributed by atoms with E-state index in [0.29, 0.717) is 5.69 Å².